The molecule has 0 bridgehead atoms. The second kappa shape index (κ2) is 5.64. The lowest BCUT2D eigenvalue weighted by molar-refractivity contribution is 0.422. The van der Waals surface area contributed by atoms with E-state index in [1.807, 2.05) is 0 Å². The van der Waals surface area contributed by atoms with Gasteiger partial charge in [0.2, 0.25) is 0 Å². The van der Waals surface area contributed by atoms with E-state index in [2.05, 4.69) is 54.6 Å². The van der Waals surface area contributed by atoms with Crippen LogP contribution in [0.15, 0.2) is 0 Å². The third-order valence-corrected chi connectivity index (χ3v) is 7.81. The van der Waals surface area contributed by atoms with Crippen molar-refractivity contribution in [1.29, 1.82) is 0 Å². The fourth-order valence-electron chi connectivity index (χ4n) is 1.86. The molecule has 15 heavy (non-hydrogen) atoms. The first kappa shape index (κ1) is 15.4. The molecule has 0 aliphatic carbocycles. The van der Waals surface area contributed by atoms with Crippen molar-refractivity contribution in [2.24, 2.45) is 10.8 Å². The van der Waals surface area contributed by atoms with Crippen molar-refractivity contribution in [3.63, 3.8) is 0 Å². The third kappa shape index (κ3) is 10.7. The number of rotatable bonds is 4. The summed E-state index contributed by atoms with van der Waals surface area (Å²) in [5.74, 6) is 0. The maximum absolute atomic E-state index is 6.21. The zero-order valence-electron chi connectivity index (χ0n) is 11.8. The number of hydrogen-bond acceptors (Lipinski definition) is 1. The first-order chi connectivity index (χ1) is 6.49. The van der Waals surface area contributed by atoms with Gasteiger partial charge in [-0.1, -0.05) is 41.5 Å². The van der Waals surface area contributed by atoms with Crippen LogP contribution < -0.4 is 0 Å². The standard InChI is InChI=1S/C12H28OSi2/c1-11(2,3)9-14(7)13-15(8)10-12(4,5)6/h9-10H2,1-8H3. The van der Waals surface area contributed by atoms with Crippen molar-refractivity contribution in [3.8, 4) is 0 Å². The van der Waals surface area contributed by atoms with Crippen LogP contribution >= 0.6 is 0 Å². The van der Waals surface area contributed by atoms with Crippen LogP contribution in [-0.2, 0) is 4.12 Å². The van der Waals surface area contributed by atoms with Gasteiger partial charge in [0, 0.05) is 0 Å². The number of hydrogen-bond donors (Lipinski definition) is 0. The molecule has 0 spiro atoms. The van der Waals surface area contributed by atoms with Crippen LogP contribution in [0.1, 0.15) is 41.5 Å². The van der Waals surface area contributed by atoms with Gasteiger partial charge in [0.05, 0.1) is 0 Å². The lowest BCUT2D eigenvalue weighted by Crippen LogP contribution is -2.30. The Kier molecular flexibility index (Phi) is 5.79. The Balaban J connectivity index is 3.92. The first-order valence-electron chi connectivity index (χ1n) is 5.82. The second-order valence-electron chi connectivity index (χ2n) is 6.98. The maximum atomic E-state index is 6.21. The van der Waals surface area contributed by atoms with Gasteiger partial charge in [-0.15, -0.1) is 0 Å². The molecule has 0 atom stereocenters. The van der Waals surface area contributed by atoms with Crippen molar-refractivity contribution in [3.05, 3.63) is 0 Å². The molecule has 0 aromatic rings. The van der Waals surface area contributed by atoms with Crippen LogP contribution in [0.3, 0.4) is 0 Å². The summed E-state index contributed by atoms with van der Waals surface area (Å²) in [5, 5.41) is 0. The first-order valence-corrected chi connectivity index (χ1v) is 10.1. The highest BCUT2D eigenvalue weighted by Gasteiger charge is 2.23. The Morgan fingerprint density at radius 2 is 1.00 bits per heavy atom. The summed E-state index contributed by atoms with van der Waals surface area (Å²) in [7, 11) is -1.15. The van der Waals surface area contributed by atoms with Gasteiger partial charge in [-0.2, -0.15) is 0 Å². The van der Waals surface area contributed by atoms with E-state index in [-0.39, 0.29) is 0 Å². The molecule has 0 aliphatic rings. The zero-order chi connectivity index (χ0) is 12.3. The normalized spacial score (nSPS) is 14.0. The van der Waals surface area contributed by atoms with Crippen LogP contribution in [0.2, 0.25) is 25.2 Å². The maximum Gasteiger partial charge on any atom is 0.195 e. The highest BCUT2D eigenvalue weighted by molar-refractivity contribution is 6.64. The summed E-state index contributed by atoms with van der Waals surface area (Å²) in [6.45, 7) is 18.4. The summed E-state index contributed by atoms with van der Waals surface area (Å²) in [4.78, 5) is 0. The van der Waals surface area contributed by atoms with E-state index in [0.717, 1.165) is 0 Å². The predicted molar refractivity (Wildman–Crippen MR) is 72.8 cm³/mol. The largest absolute Gasteiger partial charge is 0.456 e. The van der Waals surface area contributed by atoms with E-state index in [4.69, 9.17) is 4.12 Å². The summed E-state index contributed by atoms with van der Waals surface area (Å²) >= 11 is 0. The van der Waals surface area contributed by atoms with Gasteiger partial charge in [0.1, 0.15) is 0 Å². The van der Waals surface area contributed by atoms with E-state index < -0.39 is 18.1 Å². The zero-order valence-corrected chi connectivity index (χ0v) is 13.8. The molecule has 0 rings (SSSR count). The van der Waals surface area contributed by atoms with Gasteiger partial charge in [0.15, 0.2) is 18.1 Å². The Bertz CT molecular complexity index is 159. The second-order valence-corrected chi connectivity index (χ2v) is 11.3. The van der Waals surface area contributed by atoms with Crippen LogP contribution in [0.4, 0.5) is 0 Å². The monoisotopic (exact) mass is 244 g/mol. The SMILES string of the molecule is C[Si](CC(C)(C)C)O[Si](C)CC(C)(C)C. The summed E-state index contributed by atoms with van der Waals surface area (Å²) in [6.07, 6.45) is 0. The topological polar surface area (TPSA) is 9.23 Å². The Hall–Kier alpha value is 0.394. The van der Waals surface area contributed by atoms with Crippen LogP contribution in [0.25, 0.3) is 0 Å². The molecule has 2 radical (unpaired) electrons. The Labute approximate surface area is 100 Å². The minimum atomic E-state index is -0.573. The van der Waals surface area contributed by atoms with E-state index in [1.165, 1.54) is 12.1 Å². The smallest absolute Gasteiger partial charge is 0.195 e. The third-order valence-electron chi connectivity index (χ3n) is 1.91. The Morgan fingerprint density at radius 1 is 0.733 bits per heavy atom. The predicted octanol–water partition coefficient (Wildman–Crippen LogP) is 4.34. The molecule has 0 aliphatic heterocycles. The molecule has 0 saturated carbocycles. The molecule has 0 saturated heterocycles. The molecule has 0 amide bonds. The minimum Gasteiger partial charge on any atom is -0.456 e. The highest BCUT2D eigenvalue weighted by Crippen LogP contribution is 2.25. The van der Waals surface area contributed by atoms with Crippen molar-refractivity contribution < 1.29 is 4.12 Å². The van der Waals surface area contributed by atoms with Crippen molar-refractivity contribution in [1.82, 2.24) is 0 Å². The molecule has 3 heteroatoms. The summed E-state index contributed by atoms with van der Waals surface area (Å²) < 4.78 is 6.21. The van der Waals surface area contributed by atoms with Gasteiger partial charge in [-0.25, -0.2) is 0 Å². The van der Waals surface area contributed by atoms with Gasteiger partial charge in [0.25, 0.3) is 0 Å². The lowest BCUT2D eigenvalue weighted by atomic mass is 10.0. The fraction of sp³-hybridized carbons (Fsp3) is 1.00. The molecule has 90 valence electrons. The molecule has 0 heterocycles. The van der Waals surface area contributed by atoms with E-state index in [9.17, 15) is 0 Å². The van der Waals surface area contributed by atoms with Crippen molar-refractivity contribution in [2.75, 3.05) is 0 Å². The minimum absolute atomic E-state index is 0.424. The van der Waals surface area contributed by atoms with E-state index >= 15 is 0 Å². The van der Waals surface area contributed by atoms with Gasteiger partial charge in [-0.3, -0.25) is 0 Å². The van der Waals surface area contributed by atoms with Crippen molar-refractivity contribution >= 4 is 18.1 Å². The molecule has 0 fully saturated rings. The fourth-order valence-corrected chi connectivity index (χ4v) is 7.81. The molecule has 0 unspecified atom stereocenters. The van der Waals surface area contributed by atoms with Gasteiger partial charge < -0.3 is 4.12 Å². The lowest BCUT2D eigenvalue weighted by Gasteiger charge is -2.27. The van der Waals surface area contributed by atoms with Crippen LogP contribution in [0, 0.1) is 10.8 Å². The molecule has 1 nitrogen and oxygen atoms in total. The molecular weight excluding hydrogens is 216 g/mol. The average Bonchev–Trinajstić information content (AvgIpc) is 1.73. The molecule has 0 N–H and O–H groups in total. The average molecular weight is 245 g/mol. The van der Waals surface area contributed by atoms with Gasteiger partial charge in [-0.05, 0) is 36.0 Å². The van der Waals surface area contributed by atoms with Gasteiger partial charge >= 0.3 is 0 Å². The highest BCUT2D eigenvalue weighted by atomic mass is 28.4. The molecule has 0 aromatic heterocycles. The van der Waals surface area contributed by atoms with E-state index in [1.54, 1.807) is 0 Å². The Morgan fingerprint density at radius 3 is 1.20 bits per heavy atom. The van der Waals surface area contributed by atoms with Crippen LogP contribution in [-0.4, -0.2) is 18.1 Å². The summed E-state index contributed by atoms with van der Waals surface area (Å²) in [5.41, 5.74) is 0.847. The molecular formula is C12H28OSi2. The summed E-state index contributed by atoms with van der Waals surface area (Å²) in [6, 6.07) is 2.51. The van der Waals surface area contributed by atoms with Crippen molar-refractivity contribution in [2.45, 2.75) is 66.7 Å². The van der Waals surface area contributed by atoms with Crippen LogP contribution in [0.5, 0.6) is 0 Å². The van der Waals surface area contributed by atoms with E-state index in [0.29, 0.717) is 10.8 Å². The quantitative estimate of drug-likeness (QED) is 0.669. The molecule has 0 aromatic carbocycles.